The molecule has 116 valence electrons. The molecule has 0 unspecified atom stereocenters. The van der Waals surface area contributed by atoms with E-state index in [9.17, 15) is 4.79 Å². The summed E-state index contributed by atoms with van der Waals surface area (Å²) in [5.41, 5.74) is 0.816. The Morgan fingerprint density at radius 3 is 2.41 bits per heavy atom. The molecule has 0 atom stereocenters. The summed E-state index contributed by atoms with van der Waals surface area (Å²) in [5.74, 6) is -0.426. The summed E-state index contributed by atoms with van der Waals surface area (Å²) in [5, 5.41) is 0.506. The van der Waals surface area contributed by atoms with Crippen LogP contribution in [0.3, 0.4) is 0 Å². The Morgan fingerprint density at radius 2 is 1.77 bits per heavy atom. The molecule has 0 spiro atoms. The van der Waals surface area contributed by atoms with Crippen LogP contribution in [0.15, 0.2) is 24.3 Å². The molecule has 1 heterocycles. The van der Waals surface area contributed by atoms with Crippen molar-refractivity contribution in [3.05, 3.63) is 60.8 Å². The van der Waals surface area contributed by atoms with E-state index in [-0.39, 0.29) is 25.9 Å². The summed E-state index contributed by atoms with van der Waals surface area (Å²) >= 11 is 29.6. The van der Waals surface area contributed by atoms with Crippen LogP contribution >= 0.6 is 58.0 Å². The fourth-order valence-electron chi connectivity index (χ4n) is 1.79. The van der Waals surface area contributed by atoms with Crippen molar-refractivity contribution in [1.82, 2.24) is 9.88 Å². The number of halogens is 5. The van der Waals surface area contributed by atoms with Gasteiger partial charge in [-0.05, 0) is 17.7 Å². The summed E-state index contributed by atoms with van der Waals surface area (Å²) in [4.78, 5) is 17.8. The van der Waals surface area contributed by atoms with Crippen molar-refractivity contribution in [3.63, 3.8) is 0 Å². The number of amides is 1. The third-order valence-corrected chi connectivity index (χ3v) is 4.76. The average Bonchev–Trinajstić information content (AvgIpc) is 2.48. The second-order valence-electron chi connectivity index (χ2n) is 4.48. The Balaban J connectivity index is 2.28. The molecule has 0 fully saturated rings. The first-order chi connectivity index (χ1) is 10.3. The molecule has 0 aliphatic rings. The minimum Gasteiger partial charge on any atom is -0.336 e. The Bertz CT molecular complexity index is 735. The maximum Gasteiger partial charge on any atom is 0.274 e. The van der Waals surface area contributed by atoms with Crippen molar-refractivity contribution in [2.45, 2.75) is 6.54 Å². The van der Waals surface area contributed by atoms with E-state index in [0.29, 0.717) is 11.6 Å². The Labute approximate surface area is 152 Å². The number of hydrogen-bond acceptors (Lipinski definition) is 2. The quantitative estimate of drug-likeness (QED) is 0.629. The SMILES string of the molecule is CN(Cc1cccc(Cl)c1)C(=O)c1nc(Cl)c(Cl)c(Cl)c1Cl. The maximum absolute atomic E-state index is 12.5. The predicted molar refractivity (Wildman–Crippen MR) is 91.5 cm³/mol. The van der Waals surface area contributed by atoms with Gasteiger partial charge in [-0.3, -0.25) is 4.79 Å². The normalized spacial score (nSPS) is 10.6. The molecular weight excluding hydrogens is 389 g/mol. The lowest BCUT2D eigenvalue weighted by Crippen LogP contribution is -2.27. The van der Waals surface area contributed by atoms with E-state index in [1.54, 1.807) is 25.2 Å². The fourth-order valence-corrected chi connectivity index (χ4v) is 2.81. The monoisotopic (exact) mass is 396 g/mol. The van der Waals surface area contributed by atoms with Gasteiger partial charge in [0.25, 0.3) is 5.91 Å². The molecule has 8 heteroatoms. The maximum atomic E-state index is 12.5. The van der Waals surface area contributed by atoms with Crippen molar-refractivity contribution in [1.29, 1.82) is 0 Å². The van der Waals surface area contributed by atoms with Crippen LogP contribution in [0.5, 0.6) is 0 Å². The molecule has 22 heavy (non-hydrogen) atoms. The van der Waals surface area contributed by atoms with Crippen molar-refractivity contribution < 1.29 is 4.79 Å². The molecule has 0 bridgehead atoms. The largest absolute Gasteiger partial charge is 0.336 e. The minimum atomic E-state index is -0.426. The molecule has 0 saturated carbocycles. The number of nitrogens with zero attached hydrogens (tertiary/aromatic N) is 2. The minimum absolute atomic E-state index is 0.00263. The van der Waals surface area contributed by atoms with Crippen LogP contribution < -0.4 is 0 Å². The van der Waals surface area contributed by atoms with Crippen molar-refractivity contribution in [2.24, 2.45) is 0 Å². The van der Waals surface area contributed by atoms with Crippen LogP contribution in [0, 0.1) is 0 Å². The van der Waals surface area contributed by atoms with Gasteiger partial charge in [0.05, 0.1) is 15.1 Å². The van der Waals surface area contributed by atoms with Gasteiger partial charge in [0, 0.05) is 18.6 Å². The number of carbonyl (C=O) groups excluding carboxylic acids is 1. The van der Waals surface area contributed by atoms with Crippen LogP contribution in [-0.4, -0.2) is 22.8 Å². The lowest BCUT2D eigenvalue weighted by atomic mass is 10.2. The molecule has 1 aromatic carbocycles. The van der Waals surface area contributed by atoms with Gasteiger partial charge in [0.1, 0.15) is 10.8 Å². The van der Waals surface area contributed by atoms with Crippen LogP contribution in [0.2, 0.25) is 25.2 Å². The number of hydrogen-bond donors (Lipinski definition) is 0. The molecule has 1 amide bonds. The van der Waals surface area contributed by atoms with E-state index in [1.807, 2.05) is 6.07 Å². The molecular formula is C14H9Cl5N2O. The standard InChI is InChI=1S/C14H9Cl5N2O/c1-21(6-7-3-2-4-8(15)5-7)14(22)12-10(17)9(16)11(18)13(19)20-12/h2-5H,6H2,1H3. The Kier molecular flexibility index (Phi) is 5.81. The second-order valence-corrected chi connectivity index (χ2v) is 6.41. The number of pyridine rings is 1. The van der Waals surface area contributed by atoms with Crippen LogP contribution in [-0.2, 0) is 6.54 Å². The van der Waals surface area contributed by atoms with Crippen molar-refractivity contribution >= 4 is 63.9 Å². The number of carbonyl (C=O) groups is 1. The van der Waals surface area contributed by atoms with E-state index in [0.717, 1.165) is 5.56 Å². The summed E-state index contributed by atoms with van der Waals surface area (Å²) in [6.07, 6.45) is 0. The highest BCUT2D eigenvalue weighted by Crippen LogP contribution is 2.36. The smallest absolute Gasteiger partial charge is 0.274 e. The molecule has 2 aromatic rings. The van der Waals surface area contributed by atoms with Crippen LogP contribution in [0.1, 0.15) is 16.1 Å². The lowest BCUT2D eigenvalue weighted by Gasteiger charge is -2.18. The zero-order valence-corrected chi connectivity index (χ0v) is 15.0. The first-order valence-electron chi connectivity index (χ1n) is 6.01. The highest BCUT2D eigenvalue weighted by molar-refractivity contribution is 6.52. The highest BCUT2D eigenvalue weighted by atomic mass is 35.5. The number of benzene rings is 1. The summed E-state index contributed by atoms with van der Waals surface area (Å²) in [6.45, 7) is 0.329. The van der Waals surface area contributed by atoms with Gasteiger partial charge < -0.3 is 4.90 Å². The van der Waals surface area contributed by atoms with Gasteiger partial charge >= 0.3 is 0 Å². The van der Waals surface area contributed by atoms with Gasteiger partial charge in [-0.25, -0.2) is 4.98 Å². The second kappa shape index (κ2) is 7.24. The van der Waals surface area contributed by atoms with Gasteiger partial charge in [-0.15, -0.1) is 0 Å². The molecule has 1 aromatic heterocycles. The molecule has 0 aliphatic heterocycles. The van der Waals surface area contributed by atoms with E-state index >= 15 is 0 Å². The zero-order valence-electron chi connectivity index (χ0n) is 11.2. The van der Waals surface area contributed by atoms with Crippen molar-refractivity contribution in [3.8, 4) is 0 Å². The lowest BCUT2D eigenvalue weighted by molar-refractivity contribution is 0.0779. The molecule has 0 aliphatic carbocycles. The first-order valence-corrected chi connectivity index (χ1v) is 7.90. The number of aromatic nitrogens is 1. The zero-order chi connectivity index (χ0) is 16.4. The van der Waals surface area contributed by atoms with E-state index < -0.39 is 5.91 Å². The summed E-state index contributed by atoms with van der Waals surface area (Å²) in [7, 11) is 1.61. The summed E-state index contributed by atoms with van der Waals surface area (Å²) < 4.78 is 0. The van der Waals surface area contributed by atoms with E-state index in [2.05, 4.69) is 4.98 Å². The van der Waals surface area contributed by atoms with Gasteiger partial charge in [0.2, 0.25) is 0 Å². The Hall–Kier alpha value is -0.710. The highest BCUT2D eigenvalue weighted by Gasteiger charge is 2.22. The molecule has 0 radical (unpaired) electrons. The van der Waals surface area contributed by atoms with Gasteiger partial charge in [0.15, 0.2) is 0 Å². The third-order valence-electron chi connectivity index (χ3n) is 2.84. The third kappa shape index (κ3) is 3.79. The summed E-state index contributed by atoms with van der Waals surface area (Å²) in [6, 6.07) is 7.18. The Morgan fingerprint density at radius 1 is 1.09 bits per heavy atom. The molecule has 2 rings (SSSR count). The van der Waals surface area contributed by atoms with Gasteiger partial charge in [-0.2, -0.15) is 0 Å². The predicted octanol–water partition coefficient (Wildman–Crippen LogP) is 5.62. The van der Waals surface area contributed by atoms with Crippen LogP contribution in [0.4, 0.5) is 0 Å². The number of rotatable bonds is 3. The molecule has 0 saturated heterocycles. The molecule has 0 N–H and O–H groups in total. The van der Waals surface area contributed by atoms with Crippen molar-refractivity contribution in [2.75, 3.05) is 7.05 Å². The van der Waals surface area contributed by atoms with E-state index in [1.165, 1.54) is 4.90 Å². The topological polar surface area (TPSA) is 33.2 Å². The first kappa shape index (κ1) is 17.6. The fraction of sp³-hybridized carbons (Fsp3) is 0.143. The molecule has 3 nitrogen and oxygen atoms in total. The van der Waals surface area contributed by atoms with Gasteiger partial charge in [-0.1, -0.05) is 70.1 Å². The average molecular weight is 399 g/mol. The van der Waals surface area contributed by atoms with Crippen LogP contribution in [0.25, 0.3) is 0 Å². The van der Waals surface area contributed by atoms with E-state index in [4.69, 9.17) is 58.0 Å².